The van der Waals surface area contributed by atoms with E-state index in [0.29, 0.717) is 0 Å². The summed E-state index contributed by atoms with van der Waals surface area (Å²) in [5, 5.41) is 28.1. The Bertz CT molecular complexity index is 639. The summed E-state index contributed by atoms with van der Waals surface area (Å²) >= 11 is 5.13. The van der Waals surface area contributed by atoms with Crippen molar-refractivity contribution in [2.45, 2.75) is 0 Å². The Kier molecular flexibility index (Phi) is 6.51. The Labute approximate surface area is 139 Å². The van der Waals surface area contributed by atoms with Crippen LogP contribution in [-0.4, -0.2) is 26.2 Å². The number of aromatic carboxylic acids is 1. The predicted octanol–water partition coefficient (Wildman–Crippen LogP) is 3.27. The van der Waals surface area contributed by atoms with Gasteiger partial charge in [0.05, 0.1) is 15.4 Å². The lowest BCUT2D eigenvalue weighted by Gasteiger charge is -1.92. The molecule has 0 aliphatic heterocycles. The van der Waals surface area contributed by atoms with E-state index in [9.17, 15) is 29.8 Å². The first-order chi connectivity index (χ1) is 11.2. The van der Waals surface area contributed by atoms with Crippen LogP contribution in [0.2, 0.25) is 0 Å². The van der Waals surface area contributed by atoms with Crippen LogP contribution in [0, 0.1) is 20.2 Å². The number of carbonyl (C=O) groups is 2. The minimum atomic E-state index is -1.09. The lowest BCUT2D eigenvalue weighted by atomic mass is 10.2. The molecule has 0 amide bonds. The number of carbonyl (C=O) groups excluding carboxylic acids is 1. The van der Waals surface area contributed by atoms with Gasteiger partial charge in [-0.2, -0.15) is 0 Å². The number of hydrogen-bond donors (Lipinski definition) is 1. The third-order valence-electron chi connectivity index (χ3n) is 2.63. The molecule has 0 heterocycles. The van der Waals surface area contributed by atoms with Crippen molar-refractivity contribution in [2.24, 2.45) is 0 Å². The molecule has 10 heteroatoms. The van der Waals surface area contributed by atoms with Crippen LogP contribution < -0.4 is 0 Å². The molecular formula is C14H9ClN2O7. The molecule has 1 N–H and O–H groups in total. The molecule has 2 rings (SSSR count). The average molecular weight is 353 g/mol. The number of rotatable bonds is 4. The van der Waals surface area contributed by atoms with E-state index in [1.165, 1.54) is 36.4 Å². The Hall–Kier alpha value is -3.33. The van der Waals surface area contributed by atoms with Crippen molar-refractivity contribution in [1.82, 2.24) is 0 Å². The lowest BCUT2D eigenvalue weighted by molar-refractivity contribution is -0.385. The summed E-state index contributed by atoms with van der Waals surface area (Å²) < 4.78 is 0. The van der Waals surface area contributed by atoms with Gasteiger partial charge in [0.15, 0.2) is 0 Å². The van der Waals surface area contributed by atoms with Crippen LogP contribution in [0.1, 0.15) is 20.7 Å². The number of carboxylic acid groups (broad SMARTS) is 1. The monoisotopic (exact) mass is 352 g/mol. The number of carboxylic acids is 1. The largest absolute Gasteiger partial charge is 0.478 e. The molecule has 124 valence electrons. The van der Waals surface area contributed by atoms with Gasteiger partial charge < -0.3 is 5.11 Å². The quantitative estimate of drug-likeness (QED) is 0.505. The van der Waals surface area contributed by atoms with Gasteiger partial charge in [-0.15, -0.1) is 0 Å². The van der Waals surface area contributed by atoms with Gasteiger partial charge in [0.2, 0.25) is 0 Å². The maximum absolute atomic E-state index is 10.5. The van der Waals surface area contributed by atoms with E-state index in [0.717, 1.165) is 12.1 Å². The second kappa shape index (κ2) is 8.34. The molecule has 0 saturated carbocycles. The molecule has 0 radical (unpaired) electrons. The van der Waals surface area contributed by atoms with E-state index < -0.39 is 21.1 Å². The number of nitro groups is 2. The van der Waals surface area contributed by atoms with Gasteiger partial charge in [0.1, 0.15) is 0 Å². The molecule has 24 heavy (non-hydrogen) atoms. The first-order valence-electron chi connectivity index (χ1n) is 6.14. The number of benzene rings is 2. The SMILES string of the molecule is O=C(Cl)c1ccc([N+](=O)[O-])cc1.O=C(O)c1ccc([N+](=O)[O-])cc1. The standard InChI is InChI=1S/C7H4ClNO3.C7H5NO4/c8-7(10)5-1-3-6(4-2-5)9(11)12;9-7(10)5-1-3-6(4-2-5)8(11)12/h1-4H;1-4H,(H,9,10). The minimum Gasteiger partial charge on any atom is -0.478 e. The molecule has 9 nitrogen and oxygen atoms in total. The Morgan fingerprint density at radius 2 is 1.12 bits per heavy atom. The molecular weight excluding hydrogens is 344 g/mol. The third-order valence-corrected chi connectivity index (χ3v) is 2.85. The molecule has 0 atom stereocenters. The van der Waals surface area contributed by atoms with Gasteiger partial charge in [-0.25, -0.2) is 4.79 Å². The first-order valence-corrected chi connectivity index (χ1v) is 6.52. The smallest absolute Gasteiger partial charge is 0.335 e. The van der Waals surface area contributed by atoms with Gasteiger partial charge in [-0.1, -0.05) is 0 Å². The van der Waals surface area contributed by atoms with Gasteiger partial charge in [0, 0.05) is 29.8 Å². The van der Waals surface area contributed by atoms with Crippen LogP contribution in [-0.2, 0) is 0 Å². The molecule has 0 aliphatic carbocycles. The zero-order chi connectivity index (χ0) is 18.3. The molecule has 0 aliphatic rings. The first kappa shape index (κ1) is 18.7. The van der Waals surface area contributed by atoms with E-state index in [2.05, 4.69) is 0 Å². The van der Waals surface area contributed by atoms with E-state index in [1.807, 2.05) is 0 Å². The van der Waals surface area contributed by atoms with Crippen LogP contribution in [0.5, 0.6) is 0 Å². The van der Waals surface area contributed by atoms with Gasteiger partial charge in [-0.3, -0.25) is 25.0 Å². The molecule has 2 aromatic rings. The van der Waals surface area contributed by atoms with Gasteiger partial charge >= 0.3 is 5.97 Å². The summed E-state index contributed by atoms with van der Waals surface area (Å²) in [6.07, 6.45) is 0. The van der Waals surface area contributed by atoms with Crippen LogP contribution in [0.15, 0.2) is 48.5 Å². The minimum absolute atomic E-state index is 0.0422. The van der Waals surface area contributed by atoms with Crippen LogP contribution >= 0.6 is 11.6 Å². The summed E-state index contributed by atoms with van der Waals surface area (Å²) in [4.78, 5) is 40.0. The molecule has 0 bridgehead atoms. The summed E-state index contributed by atoms with van der Waals surface area (Å²) in [6, 6.07) is 9.79. The highest BCUT2D eigenvalue weighted by Gasteiger charge is 2.07. The zero-order valence-corrected chi connectivity index (χ0v) is 12.5. The molecule has 0 fully saturated rings. The lowest BCUT2D eigenvalue weighted by Crippen LogP contribution is -1.96. The van der Waals surface area contributed by atoms with Crippen LogP contribution in [0.3, 0.4) is 0 Å². The fourth-order valence-corrected chi connectivity index (χ4v) is 1.57. The molecule has 0 spiro atoms. The van der Waals surface area contributed by atoms with E-state index in [4.69, 9.17) is 16.7 Å². The zero-order valence-electron chi connectivity index (χ0n) is 11.8. The van der Waals surface area contributed by atoms with Crippen molar-refractivity contribution in [1.29, 1.82) is 0 Å². The molecule has 0 aromatic heterocycles. The predicted molar refractivity (Wildman–Crippen MR) is 83.3 cm³/mol. The third kappa shape index (κ3) is 5.46. The highest BCUT2D eigenvalue weighted by molar-refractivity contribution is 6.67. The normalized spacial score (nSPS) is 9.38. The number of halogens is 1. The van der Waals surface area contributed by atoms with Crippen molar-refractivity contribution in [3.63, 3.8) is 0 Å². The van der Waals surface area contributed by atoms with E-state index in [1.54, 1.807) is 0 Å². The number of non-ortho nitro benzene ring substituents is 2. The highest BCUT2D eigenvalue weighted by atomic mass is 35.5. The van der Waals surface area contributed by atoms with Crippen molar-refractivity contribution < 1.29 is 24.5 Å². The Morgan fingerprint density at radius 1 is 0.792 bits per heavy atom. The summed E-state index contributed by atoms with van der Waals surface area (Å²) in [6.45, 7) is 0. The topological polar surface area (TPSA) is 141 Å². The second-order valence-corrected chi connectivity index (χ2v) is 4.53. The van der Waals surface area contributed by atoms with Crippen molar-refractivity contribution in [3.05, 3.63) is 79.9 Å². The molecule has 0 unspecified atom stereocenters. The van der Waals surface area contributed by atoms with Crippen molar-refractivity contribution in [3.8, 4) is 0 Å². The number of hydrogen-bond acceptors (Lipinski definition) is 6. The van der Waals surface area contributed by atoms with Crippen molar-refractivity contribution in [2.75, 3.05) is 0 Å². The fraction of sp³-hybridized carbons (Fsp3) is 0. The van der Waals surface area contributed by atoms with Crippen molar-refractivity contribution >= 4 is 34.2 Å². The Morgan fingerprint density at radius 3 is 1.38 bits per heavy atom. The molecule has 0 saturated heterocycles. The second-order valence-electron chi connectivity index (χ2n) is 4.19. The van der Waals surface area contributed by atoms with Gasteiger partial charge in [0.25, 0.3) is 16.6 Å². The van der Waals surface area contributed by atoms with E-state index in [-0.39, 0.29) is 22.5 Å². The summed E-state index contributed by atoms with van der Waals surface area (Å²) in [5.41, 5.74) is 0.125. The van der Waals surface area contributed by atoms with E-state index >= 15 is 0 Å². The highest BCUT2D eigenvalue weighted by Crippen LogP contribution is 2.13. The number of nitrogens with zero attached hydrogens (tertiary/aromatic N) is 2. The Balaban J connectivity index is 0.000000240. The summed E-state index contributed by atoms with van der Waals surface area (Å²) in [5.74, 6) is -1.09. The van der Waals surface area contributed by atoms with Crippen LogP contribution in [0.4, 0.5) is 11.4 Å². The maximum atomic E-state index is 10.5. The van der Waals surface area contributed by atoms with Gasteiger partial charge in [-0.05, 0) is 35.9 Å². The fourth-order valence-electron chi connectivity index (χ4n) is 1.44. The number of nitro benzene ring substituents is 2. The summed E-state index contributed by atoms with van der Waals surface area (Å²) in [7, 11) is 0. The molecule has 2 aromatic carbocycles. The maximum Gasteiger partial charge on any atom is 0.335 e. The van der Waals surface area contributed by atoms with Crippen LogP contribution in [0.25, 0.3) is 0 Å². The average Bonchev–Trinajstić information content (AvgIpc) is 2.55.